The number of nitrogens with zero attached hydrogens (tertiary/aromatic N) is 2. The van der Waals surface area contributed by atoms with E-state index in [0.29, 0.717) is 25.7 Å². The van der Waals surface area contributed by atoms with Crippen molar-refractivity contribution in [3.05, 3.63) is 54.1 Å². The van der Waals surface area contributed by atoms with Crippen LogP contribution in [0.3, 0.4) is 0 Å². The average molecular weight is 383 g/mol. The van der Waals surface area contributed by atoms with Crippen LogP contribution >= 0.6 is 0 Å². The van der Waals surface area contributed by atoms with Gasteiger partial charge >= 0.3 is 0 Å². The largest absolute Gasteiger partial charge is 0.490 e. The molecule has 28 heavy (non-hydrogen) atoms. The van der Waals surface area contributed by atoms with Crippen molar-refractivity contribution in [2.45, 2.75) is 26.3 Å². The minimum Gasteiger partial charge on any atom is -0.490 e. The summed E-state index contributed by atoms with van der Waals surface area (Å²) in [6, 6.07) is 16.4. The van der Waals surface area contributed by atoms with Crippen LogP contribution in [-0.2, 0) is 0 Å². The van der Waals surface area contributed by atoms with Crippen molar-refractivity contribution in [2.24, 2.45) is 10.7 Å². The molecule has 0 aromatic heterocycles. The van der Waals surface area contributed by atoms with E-state index in [0.717, 1.165) is 36.7 Å². The summed E-state index contributed by atoms with van der Waals surface area (Å²) in [4.78, 5) is 7.00. The second-order valence-electron chi connectivity index (χ2n) is 6.71. The molecule has 1 aliphatic heterocycles. The smallest absolute Gasteiger partial charge is 0.193 e. The van der Waals surface area contributed by atoms with Gasteiger partial charge in [-0.3, -0.25) is 9.89 Å². The fourth-order valence-corrected chi connectivity index (χ4v) is 3.38. The standard InChI is InChI=1S/C22H30N4O2/c1-3-26(4-2)19(17-9-6-5-7-10-17)16-24-22(23)25-18-11-12-20-21(15-18)28-14-8-13-27-20/h5-7,9-12,15,19H,3-4,8,13-14,16H2,1-2H3,(H3,23,24,25). The Morgan fingerprint density at radius 1 is 1.07 bits per heavy atom. The van der Waals surface area contributed by atoms with Crippen LogP contribution < -0.4 is 20.5 Å². The summed E-state index contributed by atoms with van der Waals surface area (Å²) in [6.07, 6.45) is 0.882. The molecular formula is C22H30N4O2. The van der Waals surface area contributed by atoms with Crippen LogP contribution in [0.2, 0.25) is 0 Å². The lowest BCUT2D eigenvalue weighted by Crippen LogP contribution is -2.32. The van der Waals surface area contributed by atoms with Gasteiger partial charge in [0, 0.05) is 18.2 Å². The lowest BCUT2D eigenvalue weighted by Gasteiger charge is -2.29. The van der Waals surface area contributed by atoms with Gasteiger partial charge in [-0.05, 0) is 30.8 Å². The number of hydrogen-bond acceptors (Lipinski definition) is 4. The van der Waals surface area contributed by atoms with Crippen molar-refractivity contribution >= 4 is 11.6 Å². The predicted octanol–water partition coefficient (Wildman–Crippen LogP) is 3.66. The predicted molar refractivity (Wildman–Crippen MR) is 114 cm³/mol. The van der Waals surface area contributed by atoms with Gasteiger partial charge in [0.2, 0.25) is 0 Å². The first-order chi connectivity index (χ1) is 13.7. The molecule has 2 aromatic carbocycles. The lowest BCUT2D eigenvalue weighted by molar-refractivity contribution is 0.224. The zero-order chi connectivity index (χ0) is 19.8. The third kappa shape index (κ3) is 5.16. The molecule has 6 heteroatoms. The number of anilines is 1. The molecule has 2 aromatic rings. The minimum atomic E-state index is 0.195. The Morgan fingerprint density at radius 2 is 1.79 bits per heavy atom. The van der Waals surface area contributed by atoms with E-state index in [2.05, 4.69) is 53.3 Å². The summed E-state index contributed by atoms with van der Waals surface area (Å²) in [6.45, 7) is 8.18. The van der Waals surface area contributed by atoms with E-state index in [9.17, 15) is 0 Å². The van der Waals surface area contributed by atoms with E-state index in [-0.39, 0.29) is 6.04 Å². The van der Waals surface area contributed by atoms with Crippen LogP contribution in [0.4, 0.5) is 5.69 Å². The van der Waals surface area contributed by atoms with Crippen molar-refractivity contribution in [1.82, 2.24) is 4.90 Å². The van der Waals surface area contributed by atoms with E-state index in [1.807, 2.05) is 24.3 Å². The maximum Gasteiger partial charge on any atom is 0.193 e. The molecule has 0 saturated heterocycles. The van der Waals surface area contributed by atoms with Crippen LogP contribution in [0.1, 0.15) is 31.9 Å². The number of hydrogen-bond donors (Lipinski definition) is 2. The molecule has 3 rings (SSSR count). The summed E-state index contributed by atoms with van der Waals surface area (Å²) >= 11 is 0. The van der Waals surface area contributed by atoms with E-state index < -0.39 is 0 Å². The van der Waals surface area contributed by atoms with Crippen molar-refractivity contribution in [2.75, 3.05) is 38.2 Å². The monoisotopic (exact) mass is 382 g/mol. The first-order valence-corrected chi connectivity index (χ1v) is 9.96. The van der Waals surface area contributed by atoms with Crippen molar-refractivity contribution in [3.63, 3.8) is 0 Å². The third-order valence-corrected chi connectivity index (χ3v) is 4.89. The number of nitrogens with two attached hydrogens (primary N) is 1. The molecule has 0 spiro atoms. The summed E-state index contributed by atoms with van der Waals surface area (Å²) in [5.41, 5.74) is 8.26. The summed E-state index contributed by atoms with van der Waals surface area (Å²) in [7, 11) is 0. The normalized spacial score (nSPS) is 15.2. The highest BCUT2D eigenvalue weighted by Gasteiger charge is 2.17. The molecule has 1 atom stereocenters. The van der Waals surface area contributed by atoms with E-state index >= 15 is 0 Å². The Morgan fingerprint density at radius 3 is 2.50 bits per heavy atom. The molecule has 1 unspecified atom stereocenters. The highest BCUT2D eigenvalue weighted by Crippen LogP contribution is 2.32. The van der Waals surface area contributed by atoms with Crippen molar-refractivity contribution < 1.29 is 9.47 Å². The molecule has 0 fully saturated rings. The quantitative estimate of drug-likeness (QED) is 0.565. The molecule has 6 nitrogen and oxygen atoms in total. The number of nitrogens with one attached hydrogen (secondary N) is 1. The molecule has 0 saturated carbocycles. The van der Waals surface area contributed by atoms with Crippen LogP contribution in [0.25, 0.3) is 0 Å². The molecule has 3 N–H and O–H groups in total. The highest BCUT2D eigenvalue weighted by molar-refractivity contribution is 5.92. The van der Waals surface area contributed by atoms with Gasteiger partial charge < -0.3 is 20.5 Å². The Hall–Kier alpha value is -2.73. The average Bonchev–Trinajstić information content (AvgIpc) is 2.97. The Kier molecular flexibility index (Phi) is 7.14. The van der Waals surface area contributed by atoms with E-state index in [4.69, 9.17) is 15.2 Å². The summed E-state index contributed by atoms with van der Waals surface area (Å²) in [5.74, 6) is 1.90. The maximum absolute atomic E-state index is 6.17. The number of fused-ring (bicyclic) bond motifs is 1. The van der Waals surface area contributed by atoms with Crippen molar-refractivity contribution in [3.8, 4) is 11.5 Å². The molecule has 0 bridgehead atoms. The molecule has 1 aliphatic rings. The SMILES string of the molecule is CCN(CC)C(CN=C(N)Nc1ccc2c(c1)OCCCO2)c1ccccc1. The number of aliphatic imine (C=N–C) groups is 1. The number of benzene rings is 2. The van der Waals surface area contributed by atoms with Crippen LogP contribution in [0, 0.1) is 0 Å². The topological polar surface area (TPSA) is 72.1 Å². The number of ether oxygens (including phenoxy) is 2. The number of guanidine groups is 1. The molecule has 0 aliphatic carbocycles. The summed E-state index contributed by atoms with van der Waals surface area (Å²) < 4.78 is 11.4. The summed E-state index contributed by atoms with van der Waals surface area (Å²) in [5, 5.41) is 3.17. The molecule has 0 amide bonds. The Labute approximate surface area is 167 Å². The second kappa shape index (κ2) is 9.99. The maximum atomic E-state index is 6.17. The van der Waals surface area contributed by atoms with Crippen LogP contribution in [-0.4, -0.2) is 43.7 Å². The molecule has 150 valence electrons. The molecule has 0 radical (unpaired) electrons. The van der Waals surface area contributed by atoms with Gasteiger partial charge in [-0.15, -0.1) is 0 Å². The Bertz CT molecular complexity index is 775. The fraction of sp³-hybridized carbons (Fsp3) is 0.409. The van der Waals surface area contributed by atoms with E-state index in [1.54, 1.807) is 0 Å². The van der Waals surface area contributed by atoms with Crippen LogP contribution in [0.15, 0.2) is 53.5 Å². The van der Waals surface area contributed by atoms with Gasteiger partial charge in [-0.2, -0.15) is 0 Å². The third-order valence-electron chi connectivity index (χ3n) is 4.89. The van der Waals surface area contributed by atoms with Gasteiger partial charge in [0.1, 0.15) is 0 Å². The van der Waals surface area contributed by atoms with Crippen molar-refractivity contribution in [1.29, 1.82) is 0 Å². The minimum absolute atomic E-state index is 0.195. The van der Waals surface area contributed by atoms with Gasteiger partial charge in [-0.1, -0.05) is 44.2 Å². The van der Waals surface area contributed by atoms with Crippen LogP contribution in [0.5, 0.6) is 11.5 Å². The molecule has 1 heterocycles. The van der Waals surface area contributed by atoms with Gasteiger partial charge in [0.15, 0.2) is 17.5 Å². The van der Waals surface area contributed by atoms with E-state index in [1.165, 1.54) is 5.56 Å². The van der Waals surface area contributed by atoms with Gasteiger partial charge in [-0.25, -0.2) is 0 Å². The lowest BCUT2D eigenvalue weighted by atomic mass is 10.1. The zero-order valence-electron chi connectivity index (χ0n) is 16.7. The Balaban J connectivity index is 1.70. The first-order valence-electron chi connectivity index (χ1n) is 9.96. The molecular weight excluding hydrogens is 352 g/mol. The number of rotatable bonds is 7. The van der Waals surface area contributed by atoms with Gasteiger partial charge in [0.05, 0.1) is 25.8 Å². The fourth-order valence-electron chi connectivity index (χ4n) is 3.38. The first kappa shape index (κ1) is 20.0. The highest BCUT2D eigenvalue weighted by atomic mass is 16.5. The van der Waals surface area contributed by atoms with Gasteiger partial charge in [0.25, 0.3) is 0 Å². The number of likely N-dealkylation sites (N-methyl/N-ethyl adjacent to an activating group) is 1. The second-order valence-corrected chi connectivity index (χ2v) is 6.71. The zero-order valence-corrected chi connectivity index (χ0v) is 16.7.